The summed E-state index contributed by atoms with van der Waals surface area (Å²) in [4.78, 5) is 19.4. The number of likely N-dealkylation sites (N-methyl/N-ethyl adjacent to an activating group) is 1. The van der Waals surface area contributed by atoms with E-state index in [1.165, 1.54) is 16.9 Å². The molecule has 1 aromatic heterocycles. The summed E-state index contributed by atoms with van der Waals surface area (Å²) in [5, 5.41) is 5.67. The standard InChI is InChI=1S/C22H25N3O2S/c1-5-23-21(26)16(3)25(19-8-6-7-9-20(19)27-4)22-24-18(14-28-22)17-12-10-15(2)11-13-17/h6-14,16H,5H2,1-4H3,(H,23,26)/t16-/m1/s1. The van der Waals surface area contributed by atoms with Crippen molar-refractivity contribution >= 4 is 28.1 Å². The molecule has 0 fully saturated rings. The first kappa shape index (κ1) is 19.9. The van der Waals surface area contributed by atoms with Crippen LogP contribution in [0.4, 0.5) is 10.8 Å². The molecule has 28 heavy (non-hydrogen) atoms. The van der Waals surface area contributed by atoms with Crippen LogP contribution in [0.1, 0.15) is 19.4 Å². The van der Waals surface area contributed by atoms with Crippen molar-refractivity contribution < 1.29 is 9.53 Å². The highest BCUT2D eigenvalue weighted by molar-refractivity contribution is 7.14. The van der Waals surface area contributed by atoms with Crippen molar-refractivity contribution in [3.63, 3.8) is 0 Å². The number of hydrogen-bond donors (Lipinski definition) is 1. The van der Waals surface area contributed by atoms with E-state index in [1.54, 1.807) is 7.11 Å². The van der Waals surface area contributed by atoms with Crippen molar-refractivity contribution in [3.05, 3.63) is 59.5 Å². The first-order valence-electron chi connectivity index (χ1n) is 9.27. The fourth-order valence-corrected chi connectivity index (χ4v) is 3.90. The van der Waals surface area contributed by atoms with E-state index in [2.05, 4.69) is 36.5 Å². The number of benzene rings is 2. The average molecular weight is 396 g/mol. The van der Waals surface area contributed by atoms with E-state index < -0.39 is 6.04 Å². The summed E-state index contributed by atoms with van der Waals surface area (Å²) >= 11 is 1.51. The fraction of sp³-hybridized carbons (Fsp3) is 0.273. The number of thiazole rings is 1. The van der Waals surface area contributed by atoms with Crippen LogP contribution in [-0.2, 0) is 4.79 Å². The van der Waals surface area contributed by atoms with Crippen molar-refractivity contribution in [2.75, 3.05) is 18.6 Å². The van der Waals surface area contributed by atoms with Crippen molar-refractivity contribution in [1.29, 1.82) is 0 Å². The van der Waals surface area contributed by atoms with Crippen LogP contribution in [0.3, 0.4) is 0 Å². The highest BCUT2D eigenvalue weighted by Crippen LogP contribution is 2.38. The SMILES string of the molecule is CCNC(=O)[C@@H](C)N(c1nc(-c2ccc(C)cc2)cs1)c1ccccc1OC. The van der Waals surface area contributed by atoms with Gasteiger partial charge >= 0.3 is 0 Å². The van der Waals surface area contributed by atoms with Crippen molar-refractivity contribution in [2.24, 2.45) is 0 Å². The Kier molecular flexibility index (Phi) is 6.31. The minimum Gasteiger partial charge on any atom is -0.495 e. The predicted molar refractivity (Wildman–Crippen MR) is 116 cm³/mol. The maximum atomic E-state index is 12.6. The Hall–Kier alpha value is -2.86. The number of hydrogen-bond acceptors (Lipinski definition) is 5. The summed E-state index contributed by atoms with van der Waals surface area (Å²) in [5.41, 5.74) is 3.97. The molecule has 0 unspecified atom stereocenters. The lowest BCUT2D eigenvalue weighted by Gasteiger charge is -2.29. The lowest BCUT2D eigenvalue weighted by atomic mass is 10.1. The second-order valence-corrected chi connectivity index (χ2v) is 7.33. The molecule has 0 saturated heterocycles. The number of carbonyl (C=O) groups excluding carboxylic acids is 1. The number of nitrogens with one attached hydrogen (secondary N) is 1. The Labute approximate surface area is 170 Å². The van der Waals surface area contributed by atoms with E-state index in [0.717, 1.165) is 22.1 Å². The third-order valence-corrected chi connectivity index (χ3v) is 5.35. The first-order chi connectivity index (χ1) is 13.5. The molecule has 1 N–H and O–H groups in total. The maximum Gasteiger partial charge on any atom is 0.242 e. The number of aryl methyl sites for hydroxylation is 1. The lowest BCUT2D eigenvalue weighted by Crippen LogP contribution is -2.43. The van der Waals surface area contributed by atoms with Gasteiger partial charge in [-0.05, 0) is 32.9 Å². The molecule has 6 heteroatoms. The van der Waals surface area contributed by atoms with Gasteiger partial charge in [-0.1, -0.05) is 42.0 Å². The molecule has 0 aliphatic carbocycles. The topological polar surface area (TPSA) is 54.5 Å². The molecule has 0 bridgehead atoms. The summed E-state index contributed by atoms with van der Waals surface area (Å²) in [7, 11) is 1.63. The zero-order valence-electron chi connectivity index (χ0n) is 16.6. The zero-order chi connectivity index (χ0) is 20.1. The minimum absolute atomic E-state index is 0.0551. The number of anilines is 2. The number of amides is 1. The number of aromatic nitrogens is 1. The summed E-state index contributed by atoms with van der Waals surface area (Å²) < 4.78 is 5.55. The molecule has 1 atom stereocenters. The van der Waals surface area contributed by atoms with Crippen LogP contribution in [0, 0.1) is 6.92 Å². The number of para-hydroxylation sites is 2. The number of rotatable bonds is 7. The first-order valence-corrected chi connectivity index (χ1v) is 10.2. The molecular formula is C22H25N3O2S. The van der Waals surface area contributed by atoms with Gasteiger partial charge in [-0.3, -0.25) is 4.79 Å². The van der Waals surface area contributed by atoms with Crippen LogP contribution in [0.2, 0.25) is 0 Å². The lowest BCUT2D eigenvalue weighted by molar-refractivity contribution is -0.121. The second kappa shape index (κ2) is 8.89. The van der Waals surface area contributed by atoms with Gasteiger partial charge < -0.3 is 15.0 Å². The summed E-state index contributed by atoms with van der Waals surface area (Å²) in [5.74, 6) is 0.645. The highest BCUT2D eigenvalue weighted by Gasteiger charge is 2.27. The van der Waals surface area contributed by atoms with Gasteiger partial charge in [-0.2, -0.15) is 0 Å². The molecule has 2 aromatic carbocycles. The highest BCUT2D eigenvalue weighted by atomic mass is 32.1. The van der Waals surface area contributed by atoms with Gasteiger partial charge in [0.05, 0.1) is 18.5 Å². The smallest absolute Gasteiger partial charge is 0.242 e. The third kappa shape index (κ3) is 4.17. The molecule has 0 aliphatic rings. The molecule has 3 aromatic rings. The van der Waals surface area contributed by atoms with Gasteiger partial charge in [0.2, 0.25) is 5.91 Å². The Morgan fingerprint density at radius 3 is 2.61 bits per heavy atom. The van der Waals surface area contributed by atoms with Crippen molar-refractivity contribution in [1.82, 2.24) is 10.3 Å². The van der Waals surface area contributed by atoms with Crippen molar-refractivity contribution in [3.8, 4) is 17.0 Å². The molecule has 0 spiro atoms. The quantitative estimate of drug-likeness (QED) is 0.625. The molecule has 0 radical (unpaired) electrons. The number of ether oxygens (including phenoxy) is 1. The van der Waals surface area contributed by atoms with E-state index in [9.17, 15) is 4.79 Å². The van der Waals surface area contributed by atoms with Crippen LogP contribution in [0.15, 0.2) is 53.9 Å². The molecule has 3 rings (SSSR count). The number of methoxy groups -OCH3 is 1. The summed E-state index contributed by atoms with van der Waals surface area (Å²) in [6, 6.07) is 15.5. The van der Waals surface area contributed by atoms with Crippen LogP contribution < -0.4 is 15.0 Å². The molecular weight excluding hydrogens is 370 g/mol. The molecule has 0 saturated carbocycles. The summed E-state index contributed by atoms with van der Waals surface area (Å²) in [6.07, 6.45) is 0. The third-order valence-electron chi connectivity index (χ3n) is 4.51. The van der Waals surface area contributed by atoms with Gasteiger partial charge in [0.1, 0.15) is 11.8 Å². The monoisotopic (exact) mass is 395 g/mol. The maximum absolute atomic E-state index is 12.6. The molecule has 146 valence electrons. The number of carbonyl (C=O) groups is 1. The van der Waals surface area contributed by atoms with Gasteiger partial charge in [0.25, 0.3) is 0 Å². The molecule has 1 heterocycles. The largest absolute Gasteiger partial charge is 0.495 e. The average Bonchev–Trinajstić information content (AvgIpc) is 3.19. The zero-order valence-corrected chi connectivity index (χ0v) is 17.4. The van der Waals surface area contributed by atoms with Gasteiger partial charge in [-0.15, -0.1) is 11.3 Å². The summed E-state index contributed by atoms with van der Waals surface area (Å²) in [6.45, 7) is 6.43. The molecule has 0 aliphatic heterocycles. The molecule has 1 amide bonds. The van der Waals surface area contributed by atoms with E-state index >= 15 is 0 Å². The Morgan fingerprint density at radius 2 is 1.93 bits per heavy atom. The fourth-order valence-electron chi connectivity index (χ4n) is 2.98. The predicted octanol–water partition coefficient (Wildman–Crippen LogP) is 4.79. The Bertz CT molecular complexity index is 937. The van der Waals surface area contributed by atoms with Gasteiger partial charge in [0.15, 0.2) is 5.13 Å². The minimum atomic E-state index is -0.437. The Morgan fingerprint density at radius 1 is 1.21 bits per heavy atom. The van der Waals surface area contributed by atoms with Crippen molar-refractivity contribution in [2.45, 2.75) is 26.8 Å². The van der Waals surface area contributed by atoms with E-state index in [-0.39, 0.29) is 5.91 Å². The normalized spacial score (nSPS) is 11.7. The Balaban J connectivity index is 2.04. The van der Waals surface area contributed by atoms with E-state index in [1.807, 2.05) is 48.4 Å². The van der Waals surface area contributed by atoms with E-state index in [4.69, 9.17) is 9.72 Å². The number of nitrogens with zero attached hydrogens (tertiary/aromatic N) is 2. The molecule has 5 nitrogen and oxygen atoms in total. The van der Waals surface area contributed by atoms with Crippen LogP contribution >= 0.6 is 11.3 Å². The van der Waals surface area contributed by atoms with Crippen LogP contribution in [0.5, 0.6) is 5.75 Å². The van der Waals surface area contributed by atoms with Crippen LogP contribution in [-0.4, -0.2) is 30.6 Å². The second-order valence-electron chi connectivity index (χ2n) is 6.49. The van der Waals surface area contributed by atoms with Gasteiger partial charge in [0, 0.05) is 17.5 Å². The van der Waals surface area contributed by atoms with Gasteiger partial charge in [-0.25, -0.2) is 4.98 Å². The van der Waals surface area contributed by atoms with E-state index in [0.29, 0.717) is 12.3 Å². The van der Waals surface area contributed by atoms with Crippen LogP contribution in [0.25, 0.3) is 11.3 Å².